The van der Waals surface area contributed by atoms with E-state index in [1.807, 2.05) is 4.90 Å². The molecule has 2 aliphatic heterocycles. The van der Waals surface area contributed by atoms with Crippen LogP contribution in [0.4, 0.5) is 0 Å². The van der Waals surface area contributed by atoms with Crippen molar-refractivity contribution in [3.63, 3.8) is 0 Å². The zero-order valence-corrected chi connectivity index (χ0v) is 6.62. The molecular weight excluding hydrogens is 138 g/mol. The van der Waals surface area contributed by atoms with Gasteiger partial charge in [-0.25, -0.2) is 0 Å². The van der Waals surface area contributed by atoms with Crippen LogP contribution in [0.1, 0.15) is 25.7 Å². The van der Waals surface area contributed by atoms with Crippen molar-refractivity contribution in [3.8, 4) is 0 Å². The molecule has 0 aliphatic carbocycles. The third-order valence-corrected chi connectivity index (χ3v) is 2.50. The van der Waals surface area contributed by atoms with Crippen LogP contribution < -0.4 is 0 Å². The highest BCUT2D eigenvalue weighted by atomic mass is 16.2. The van der Waals surface area contributed by atoms with E-state index in [4.69, 9.17) is 0 Å². The van der Waals surface area contributed by atoms with Crippen LogP contribution in [-0.4, -0.2) is 23.4 Å². The molecule has 1 atom stereocenters. The number of hydrogen-bond acceptors (Lipinski definition) is 1. The maximum absolute atomic E-state index is 11.3. The molecule has 2 heteroatoms. The molecular formula is C9H13NO. The fourth-order valence-electron chi connectivity index (χ4n) is 1.88. The van der Waals surface area contributed by atoms with Crippen molar-refractivity contribution in [2.45, 2.75) is 31.7 Å². The molecule has 0 bridgehead atoms. The summed E-state index contributed by atoms with van der Waals surface area (Å²) in [6, 6.07) is 0.435. The van der Waals surface area contributed by atoms with Gasteiger partial charge in [0, 0.05) is 13.0 Å². The second kappa shape index (κ2) is 2.68. The van der Waals surface area contributed by atoms with Gasteiger partial charge < -0.3 is 4.90 Å². The van der Waals surface area contributed by atoms with Gasteiger partial charge in [0.05, 0.1) is 6.04 Å². The van der Waals surface area contributed by atoms with Crippen LogP contribution in [0.3, 0.4) is 0 Å². The van der Waals surface area contributed by atoms with Gasteiger partial charge >= 0.3 is 0 Å². The average Bonchev–Trinajstić information content (AvgIpc) is 2.25. The summed E-state index contributed by atoms with van der Waals surface area (Å²) in [5.41, 5.74) is 0. The van der Waals surface area contributed by atoms with Crippen LogP contribution in [0.5, 0.6) is 0 Å². The Labute approximate surface area is 66.9 Å². The van der Waals surface area contributed by atoms with Gasteiger partial charge in [-0.15, -0.1) is 0 Å². The lowest BCUT2D eigenvalue weighted by atomic mass is 10.2. The first-order chi connectivity index (χ1) is 5.38. The minimum Gasteiger partial charge on any atom is -0.336 e. The van der Waals surface area contributed by atoms with E-state index in [0.29, 0.717) is 11.9 Å². The van der Waals surface area contributed by atoms with E-state index in [2.05, 4.69) is 12.2 Å². The van der Waals surface area contributed by atoms with E-state index in [1.54, 1.807) is 0 Å². The van der Waals surface area contributed by atoms with Crippen molar-refractivity contribution in [2.24, 2.45) is 0 Å². The van der Waals surface area contributed by atoms with Gasteiger partial charge in [-0.2, -0.15) is 0 Å². The smallest absolute Gasteiger partial charge is 0.223 e. The number of allylic oxidation sites excluding steroid dienone is 1. The first kappa shape index (κ1) is 6.89. The van der Waals surface area contributed by atoms with E-state index in [-0.39, 0.29) is 0 Å². The number of rotatable bonds is 0. The molecule has 2 rings (SSSR count). The molecule has 0 aromatic rings. The van der Waals surface area contributed by atoms with Gasteiger partial charge in [-0.05, 0) is 19.3 Å². The highest BCUT2D eigenvalue weighted by Crippen LogP contribution is 2.22. The quantitative estimate of drug-likeness (QED) is 0.478. The summed E-state index contributed by atoms with van der Waals surface area (Å²) in [5, 5.41) is 0. The molecule has 2 nitrogen and oxygen atoms in total. The summed E-state index contributed by atoms with van der Waals surface area (Å²) in [7, 11) is 0. The first-order valence-electron chi connectivity index (χ1n) is 4.34. The summed E-state index contributed by atoms with van der Waals surface area (Å²) in [6.45, 7) is 0.969. The highest BCUT2D eigenvalue weighted by Gasteiger charge is 2.28. The molecule has 0 N–H and O–H groups in total. The Morgan fingerprint density at radius 1 is 1.55 bits per heavy atom. The van der Waals surface area contributed by atoms with Crippen LogP contribution in [0.25, 0.3) is 0 Å². The maximum Gasteiger partial charge on any atom is 0.223 e. The fourth-order valence-corrected chi connectivity index (χ4v) is 1.88. The summed E-state index contributed by atoms with van der Waals surface area (Å²) in [4.78, 5) is 13.3. The van der Waals surface area contributed by atoms with E-state index in [0.717, 1.165) is 32.2 Å². The fraction of sp³-hybridized carbons (Fsp3) is 0.667. The molecule has 60 valence electrons. The van der Waals surface area contributed by atoms with Crippen LogP contribution in [-0.2, 0) is 4.79 Å². The normalized spacial score (nSPS) is 30.4. The van der Waals surface area contributed by atoms with E-state index < -0.39 is 0 Å². The zero-order valence-electron chi connectivity index (χ0n) is 6.62. The highest BCUT2D eigenvalue weighted by molar-refractivity contribution is 5.79. The molecule has 0 spiro atoms. The van der Waals surface area contributed by atoms with Crippen molar-refractivity contribution >= 4 is 5.91 Å². The zero-order chi connectivity index (χ0) is 7.68. The lowest BCUT2D eigenvalue weighted by molar-refractivity contribution is -0.128. The Morgan fingerprint density at radius 3 is 3.36 bits per heavy atom. The Hall–Kier alpha value is -0.790. The van der Waals surface area contributed by atoms with E-state index in [1.165, 1.54) is 0 Å². The van der Waals surface area contributed by atoms with Gasteiger partial charge in [0.25, 0.3) is 0 Å². The Kier molecular flexibility index (Phi) is 1.68. The number of carbonyl (C=O) groups is 1. The molecule has 1 unspecified atom stereocenters. The predicted octanol–water partition coefficient (Wildman–Crippen LogP) is 1.33. The largest absolute Gasteiger partial charge is 0.336 e. The number of nitrogens with zero attached hydrogens (tertiary/aromatic N) is 1. The minimum atomic E-state index is 0.349. The average molecular weight is 151 g/mol. The second-order valence-corrected chi connectivity index (χ2v) is 3.26. The van der Waals surface area contributed by atoms with Crippen molar-refractivity contribution in [2.75, 3.05) is 6.54 Å². The standard InChI is InChI=1S/C9H13NO/c11-9-6-5-8-4-2-1-3-7-10(8)9/h2,4,8H,1,3,5-7H2. The Morgan fingerprint density at radius 2 is 2.45 bits per heavy atom. The van der Waals surface area contributed by atoms with Crippen molar-refractivity contribution < 1.29 is 4.79 Å². The molecule has 0 saturated carbocycles. The van der Waals surface area contributed by atoms with Crippen LogP contribution in [0, 0.1) is 0 Å². The molecule has 1 fully saturated rings. The third-order valence-electron chi connectivity index (χ3n) is 2.50. The number of carbonyl (C=O) groups excluding carboxylic acids is 1. The van der Waals surface area contributed by atoms with E-state index >= 15 is 0 Å². The van der Waals surface area contributed by atoms with Gasteiger partial charge in [0.15, 0.2) is 0 Å². The molecule has 0 aromatic heterocycles. The van der Waals surface area contributed by atoms with Crippen LogP contribution in [0.2, 0.25) is 0 Å². The predicted molar refractivity (Wildman–Crippen MR) is 43.1 cm³/mol. The summed E-state index contributed by atoms with van der Waals surface area (Å²) in [6.07, 6.45) is 8.48. The Bertz CT molecular complexity index is 198. The third kappa shape index (κ3) is 1.17. The molecule has 2 heterocycles. The minimum absolute atomic E-state index is 0.349. The molecule has 1 amide bonds. The van der Waals surface area contributed by atoms with Gasteiger partial charge in [-0.1, -0.05) is 12.2 Å². The summed E-state index contributed by atoms with van der Waals surface area (Å²) < 4.78 is 0. The summed E-state index contributed by atoms with van der Waals surface area (Å²) in [5.74, 6) is 0.349. The van der Waals surface area contributed by atoms with Crippen molar-refractivity contribution in [3.05, 3.63) is 12.2 Å². The Balaban J connectivity index is 2.15. The monoisotopic (exact) mass is 151 g/mol. The molecule has 2 aliphatic rings. The molecule has 11 heavy (non-hydrogen) atoms. The summed E-state index contributed by atoms with van der Waals surface area (Å²) >= 11 is 0. The van der Waals surface area contributed by atoms with Crippen molar-refractivity contribution in [1.82, 2.24) is 4.90 Å². The van der Waals surface area contributed by atoms with Crippen molar-refractivity contribution in [1.29, 1.82) is 0 Å². The van der Waals surface area contributed by atoms with Crippen LogP contribution >= 0.6 is 0 Å². The topological polar surface area (TPSA) is 20.3 Å². The second-order valence-electron chi connectivity index (χ2n) is 3.26. The number of hydrogen-bond donors (Lipinski definition) is 0. The number of amides is 1. The lowest BCUT2D eigenvalue weighted by Gasteiger charge is -2.19. The van der Waals surface area contributed by atoms with Crippen LogP contribution in [0.15, 0.2) is 12.2 Å². The SMILES string of the molecule is O=C1CCC2C=CCCCN12. The maximum atomic E-state index is 11.3. The first-order valence-corrected chi connectivity index (χ1v) is 4.34. The number of fused-ring (bicyclic) bond motifs is 1. The van der Waals surface area contributed by atoms with Gasteiger partial charge in [0.2, 0.25) is 5.91 Å². The lowest BCUT2D eigenvalue weighted by Crippen LogP contribution is -2.31. The molecule has 1 saturated heterocycles. The van der Waals surface area contributed by atoms with E-state index in [9.17, 15) is 4.79 Å². The van der Waals surface area contributed by atoms with Gasteiger partial charge in [0.1, 0.15) is 0 Å². The van der Waals surface area contributed by atoms with Gasteiger partial charge in [-0.3, -0.25) is 4.79 Å². The molecule has 0 aromatic carbocycles. The molecule has 0 radical (unpaired) electrons.